The topological polar surface area (TPSA) is 0 Å². The summed E-state index contributed by atoms with van der Waals surface area (Å²) in [4.78, 5) is 0. The van der Waals surface area contributed by atoms with Gasteiger partial charge in [-0.25, -0.2) is 0 Å². The van der Waals surface area contributed by atoms with Gasteiger partial charge in [-0.05, 0) is 36.0 Å². The molecule has 2 aromatic carbocycles. The molecule has 2 saturated heterocycles. The maximum absolute atomic E-state index is 2.49. The average Bonchev–Trinajstić information content (AvgIpc) is 2.64. The number of rotatable bonds is 2. The summed E-state index contributed by atoms with van der Waals surface area (Å²) in [6, 6.07) is 22.8. The molecule has 0 aromatic heterocycles. The first kappa shape index (κ1) is 18.4. The number of fused-ring (bicyclic) bond motifs is 1. The highest BCUT2D eigenvalue weighted by Gasteiger charge is 2.39. The molecule has 0 amide bonds. The molecule has 132 valence electrons. The molecule has 0 spiro atoms. The van der Waals surface area contributed by atoms with Gasteiger partial charge >= 0.3 is 0 Å². The van der Waals surface area contributed by atoms with Gasteiger partial charge in [-0.1, -0.05) is 66.2 Å². The van der Waals surface area contributed by atoms with Gasteiger partial charge in [0.25, 0.3) is 0 Å². The van der Waals surface area contributed by atoms with Crippen molar-refractivity contribution in [3.05, 3.63) is 77.4 Å². The van der Waals surface area contributed by atoms with Gasteiger partial charge in [0.2, 0.25) is 0 Å². The largest absolute Gasteiger partial charge is 1.00 e. The zero-order valence-corrected chi connectivity index (χ0v) is 16.7. The molecule has 0 saturated carbocycles. The number of benzene rings is 2. The van der Waals surface area contributed by atoms with E-state index in [-0.39, 0.29) is 17.0 Å². The van der Waals surface area contributed by atoms with E-state index in [1.165, 1.54) is 66.4 Å². The third-order valence-corrected chi connectivity index (χ3v) is 6.22. The lowest BCUT2D eigenvalue weighted by molar-refractivity contribution is -0.941. The van der Waals surface area contributed by atoms with Gasteiger partial charge in [-0.2, -0.15) is 0 Å². The number of halogens is 1. The molecule has 2 aliphatic heterocycles. The molecule has 0 bridgehead atoms. The van der Waals surface area contributed by atoms with E-state index >= 15 is 0 Å². The molecule has 2 atom stereocenters. The van der Waals surface area contributed by atoms with Crippen LogP contribution in [0.25, 0.3) is 5.57 Å². The molecule has 2 fully saturated rings. The molecule has 25 heavy (non-hydrogen) atoms. The minimum atomic E-state index is 0. The highest BCUT2D eigenvalue weighted by Crippen LogP contribution is 2.39. The van der Waals surface area contributed by atoms with Crippen LogP contribution in [0.5, 0.6) is 0 Å². The van der Waals surface area contributed by atoms with E-state index in [1.807, 2.05) is 0 Å². The van der Waals surface area contributed by atoms with Crippen LogP contribution in [-0.4, -0.2) is 30.7 Å². The fourth-order valence-corrected chi connectivity index (χ4v) is 4.75. The Morgan fingerprint density at radius 2 is 1.44 bits per heavy atom. The maximum Gasteiger partial charge on any atom is 0.0926 e. The molecule has 4 rings (SSSR count). The Morgan fingerprint density at radius 1 is 0.840 bits per heavy atom. The van der Waals surface area contributed by atoms with Crippen LogP contribution in [-0.2, 0) is 0 Å². The smallest absolute Gasteiger partial charge is 0.0926 e. The van der Waals surface area contributed by atoms with Gasteiger partial charge < -0.3 is 21.5 Å². The molecular weight excluding hydrogens is 370 g/mol. The number of piperidine rings is 2. The summed E-state index contributed by atoms with van der Waals surface area (Å²) in [6.07, 6.45) is 6.74. The Kier molecular flexibility index (Phi) is 5.81. The van der Waals surface area contributed by atoms with Crippen LogP contribution < -0.4 is 17.0 Å². The Hall–Kier alpha value is -1.38. The average molecular weight is 398 g/mol. The van der Waals surface area contributed by atoms with Gasteiger partial charge in [0.1, 0.15) is 0 Å². The molecule has 0 unspecified atom stereocenters. The first-order valence-corrected chi connectivity index (χ1v) is 9.43. The van der Waals surface area contributed by atoms with E-state index < -0.39 is 0 Å². The summed E-state index contributed by atoms with van der Waals surface area (Å²) in [6.45, 7) is 2.69. The maximum atomic E-state index is 2.49. The second-order valence-corrected chi connectivity index (χ2v) is 7.74. The molecule has 2 aliphatic rings. The lowest BCUT2D eigenvalue weighted by atomic mass is 9.82. The summed E-state index contributed by atoms with van der Waals surface area (Å²) in [5.41, 5.74) is 5.93. The van der Waals surface area contributed by atoms with Crippen LogP contribution in [0.1, 0.15) is 43.2 Å². The van der Waals surface area contributed by atoms with Crippen LogP contribution in [0.3, 0.4) is 0 Å². The standard InChI is InChI=1S/C23H28N.BrH/c1-24-16-9-8-14-22(24)18-21(15-17-24)23(19-10-4-2-5-11-19)20-12-6-3-7-13-20;/h2-7,10-13,22H,8-9,14-18H2,1H3;1H/q+1;/p-1/t22-,24-;/m0./s1. The second-order valence-electron chi connectivity index (χ2n) is 7.74. The quantitative estimate of drug-likeness (QED) is 0.681. The van der Waals surface area contributed by atoms with Crippen molar-refractivity contribution in [3.8, 4) is 0 Å². The van der Waals surface area contributed by atoms with Gasteiger partial charge in [-0.3, -0.25) is 0 Å². The molecule has 1 nitrogen and oxygen atoms in total. The normalized spacial score (nSPS) is 25.6. The Morgan fingerprint density at radius 3 is 2.04 bits per heavy atom. The fourth-order valence-electron chi connectivity index (χ4n) is 4.75. The van der Waals surface area contributed by atoms with Crippen molar-refractivity contribution in [2.75, 3.05) is 20.1 Å². The molecule has 2 heteroatoms. The van der Waals surface area contributed by atoms with E-state index in [0.29, 0.717) is 0 Å². The third-order valence-electron chi connectivity index (χ3n) is 6.22. The zero-order chi connectivity index (χ0) is 16.4. The van der Waals surface area contributed by atoms with Gasteiger partial charge in [0.05, 0.1) is 26.2 Å². The molecule has 2 aromatic rings. The van der Waals surface area contributed by atoms with E-state index in [1.54, 1.807) is 5.57 Å². The summed E-state index contributed by atoms with van der Waals surface area (Å²) >= 11 is 0. The lowest BCUT2D eigenvalue weighted by Gasteiger charge is -2.48. The lowest BCUT2D eigenvalue weighted by Crippen LogP contribution is -3.00. The molecular formula is C23H28BrN. The monoisotopic (exact) mass is 397 g/mol. The predicted molar refractivity (Wildman–Crippen MR) is 102 cm³/mol. The SMILES string of the molecule is C[N@@+]12CCCC[C@H]1CC(=C(c1ccccc1)c1ccccc1)CC2.[Br-]. The summed E-state index contributed by atoms with van der Waals surface area (Å²) in [5.74, 6) is 0. The van der Waals surface area contributed by atoms with Gasteiger partial charge in [0, 0.05) is 12.8 Å². The van der Waals surface area contributed by atoms with E-state index in [0.717, 1.165) is 6.04 Å². The van der Waals surface area contributed by atoms with Crippen LogP contribution in [0.2, 0.25) is 0 Å². The van der Waals surface area contributed by atoms with Crippen LogP contribution in [0.4, 0.5) is 0 Å². The highest BCUT2D eigenvalue weighted by molar-refractivity contribution is 5.82. The number of quaternary nitrogens is 1. The Bertz CT molecular complexity index is 681. The van der Waals surface area contributed by atoms with Crippen molar-refractivity contribution in [1.82, 2.24) is 0 Å². The Balaban J connectivity index is 0.00000182. The van der Waals surface area contributed by atoms with E-state index in [9.17, 15) is 0 Å². The third kappa shape index (κ3) is 3.75. The summed E-state index contributed by atoms with van der Waals surface area (Å²) in [7, 11) is 2.49. The van der Waals surface area contributed by atoms with Crippen molar-refractivity contribution >= 4 is 5.57 Å². The van der Waals surface area contributed by atoms with Crippen molar-refractivity contribution in [1.29, 1.82) is 0 Å². The predicted octanol–water partition coefficient (Wildman–Crippen LogP) is 2.29. The van der Waals surface area contributed by atoms with Crippen LogP contribution in [0, 0.1) is 0 Å². The highest BCUT2D eigenvalue weighted by atomic mass is 79.9. The minimum Gasteiger partial charge on any atom is -1.00 e. The number of hydrogen-bond acceptors (Lipinski definition) is 0. The van der Waals surface area contributed by atoms with Gasteiger partial charge in [-0.15, -0.1) is 0 Å². The van der Waals surface area contributed by atoms with Crippen molar-refractivity contribution in [2.45, 2.75) is 38.1 Å². The molecule has 0 N–H and O–H groups in total. The summed E-state index contributed by atoms with van der Waals surface area (Å²) < 4.78 is 1.31. The van der Waals surface area contributed by atoms with Crippen LogP contribution in [0.15, 0.2) is 66.2 Å². The van der Waals surface area contributed by atoms with Crippen LogP contribution >= 0.6 is 0 Å². The molecule has 2 heterocycles. The van der Waals surface area contributed by atoms with Crippen molar-refractivity contribution in [3.63, 3.8) is 0 Å². The molecule has 0 radical (unpaired) electrons. The van der Waals surface area contributed by atoms with Crippen molar-refractivity contribution < 1.29 is 21.5 Å². The van der Waals surface area contributed by atoms with Gasteiger partial charge in [0.15, 0.2) is 0 Å². The zero-order valence-electron chi connectivity index (χ0n) is 15.1. The van der Waals surface area contributed by atoms with E-state index in [4.69, 9.17) is 0 Å². The summed E-state index contributed by atoms with van der Waals surface area (Å²) in [5, 5.41) is 0. The first-order chi connectivity index (χ1) is 11.8. The van der Waals surface area contributed by atoms with E-state index in [2.05, 4.69) is 67.7 Å². The second kappa shape index (κ2) is 7.88. The first-order valence-electron chi connectivity index (χ1n) is 9.43. The fraction of sp³-hybridized carbons (Fsp3) is 0.391. The van der Waals surface area contributed by atoms with Crippen molar-refractivity contribution in [2.24, 2.45) is 0 Å². The number of nitrogens with zero attached hydrogens (tertiary/aromatic N) is 1. The minimum absolute atomic E-state index is 0. The molecule has 0 aliphatic carbocycles. The number of hydrogen-bond donors (Lipinski definition) is 0. The Labute approximate surface area is 162 Å².